The van der Waals surface area contributed by atoms with Crippen LogP contribution in [0.5, 0.6) is 0 Å². The molecule has 1 saturated heterocycles. The molecule has 0 radical (unpaired) electrons. The quantitative estimate of drug-likeness (QED) is 0.677. The minimum absolute atomic E-state index is 0.0443. The van der Waals surface area contributed by atoms with Crippen LogP contribution in [0.25, 0.3) is 11.0 Å². The molecular formula is C19H18N4O3. The first-order chi connectivity index (χ1) is 12.6. The van der Waals surface area contributed by atoms with Gasteiger partial charge in [0.2, 0.25) is 5.91 Å². The van der Waals surface area contributed by atoms with E-state index in [2.05, 4.69) is 15.3 Å². The third kappa shape index (κ3) is 2.99. The normalized spacial score (nSPS) is 14.6. The van der Waals surface area contributed by atoms with E-state index in [0.29, 0.717) is 40.9 Å². The van der Waals surface area contributed by atoms with Crippen molar-refractivity contribution >= 4 is 34.2 Å². The number of rotatable bonds is 3. The number of carbonyl (C=O) groups is 2. The van der Waals surface area contributed by atoms with Gasteiger partial charge in [-0.25, -0.2) is 4.79 Å². The van der Waals surface area contributed by atoms with Crippen molar-refractivity contribution in [1.82, 2.24) is 9.97 Å². The lowest BCUT2D eigenvalue weighted by Gasteiger charge is -2.28. The second kappa shape index (κ2) is 6.51. The number of H-pyrrole nitrogens is 2. The number of aromatic nitrogens is 2. The third-order valence-electron chi connectivity index (χ3n) is 4.54. The fourth-order valence-electron chi connectivity index (χ4n) is 3.27. The molecule has 2 heterocycles. The number of benzene rings is 2. The zero-order valence-electron chi connectivity index (χ0n) is 14.0. The summed E-state index contributed by atoms with van der Waals surface area (Å²) in [6, 6.07) is 12.2. The summed E-state index contributed by atoms with van der Waals surface area (Å²) < 4.78 is 0. The Kier molecular flexibility index (Phi) is 4.04. The molecular weight excluding hydrogens is 332 g/mol. The van der Waals surface area contributed by atoms with Crippen LogP contribution in [0.1, 0.15) is 29.6 Å². The molecule has 0 spiro atoms. The second-order valence-corrected chi connectivity index (χ2v) is 6.31. The van der Waals surface area contributed by atoms with E-state index in [0.717, 1.165) is 12.8 Å². The van der Waals surface area contributed by atoms with Crippen LogP contribution in [0.2, 0.25) is 0 Å². The summed E-state index contributed by atoms with van der Waals surface area (Å²) in [5, 5.41) is 2.84. The number of fused-ring (bicyclic) bond motifs is 1. The minimum Gasteiger partial charge on any atom is -0.322 e. The molecule has 0 bridgehead atoms. The van der Waals surface area contributed by atoms with E-state index >= 15 is 0 Å². The number of nitrogens with zero attached hydrogens (tertiary/aromatic N) is 1. The van der Waals surface area contributed by atoms with Crippen molar-refractivity contribution in [2.45, 2.75) is 19.3 Å². The van der Waals surface area contributed by atoms with Gasteiger partial charge in [0, 0.05) is 18.7 Å². The number of aromatic amines is 2. The van der Waals surface area contributed by atoms with Gasteiger partial charge in [-0.15, -0.1) is 0 Å². The van der Waals surface area contributed by atoms with E-state index in [1.807, 2.05) is 6.07 Å². The molecule has 2 aromatic carbocycles. The van der Waals surface area contributed by atoms with Crippen molar-refractivity contribution < 1.29 is 9.59 Å². The molecule has 7 heteroatoms. The van der Waals surface area contributed by atoms with E-state index in [1.54, 1.807) is 41.3 Å². The summed E-state index contributed by atoms with van der Waals surface area (Å²) in [5.74, 6) is -0.251. The molecule has 0 aliphatic carbocycles. The van der Waals surface area contributed by atoms with Crippen LogP contribution < -0.4 is 15.9 Å². The van der Waals surface area contributed by atoms with Gasteiger partial charge in [-0.2, -0.15) is 0 Å². The van der Waals surface area contributed by atoms with Gasteiger partial charge in [-0.05, 0) is 43.2 Å². The summed E-state index contributed by atoms with van der Waals surface area (Å²) in [7, 11) is 0. The Bertz CT molecular complexity index is 1050. The molecule has 1 aliphatic heterocycles. The van der Waals surface area contributed by atoms with Gasteiger partial charge in [0.25, 0.3) is 5.91 Å². The zero-order valence-corrected chi connectivity index (χ0v) is 14.0. The van der Waals surface area contributed by atoms with E-state index < -0.39 is 0 Å². The van der Waals surface area contributed by atoms with E-state index in [-0.39, 0.29) is 17.5 Å². The number of para-hydroxylation sites is 1. The van der Waals surface area contributed by atoms with Gasteiger partial charge in [-0.3, -0.25) is 9.59 Å². The molecule has 4 rings (SSSR count). The van der Waals surface area contributed by atoms with Gasteiger partial charge >= 0.3 is 5.69 Å². The number of hydrogen-bond donors (Lipinski definition) is 3. The van der Waals surface area contributed by atoms with Crippen LogP contribution in [0, 0.1) is 0 Å². The van der Waals surface area contributed by atoms with Crippen LogP contribution in [0.15, 0.2) is 47.3 Å². The van der Waals surface area contributed by atoms with Crippen LogP contribution >= 0.6 is 0 Å². The Labute approximate surface area is 149 Å². The molecule has 3 aromatic rings. The zero-order chi connectivity index (χ0) is 18.1. The lowest BCUT2D eigenvalue weighted by Crippen LogP contribution is -2.36. The summed E-state index contributed by atoms with van der Waals surface area (Å²) in [4.78, 5) is 43.4. The summed E-state index contributed by atoms with van der Waals surface area (Å²) in [6.45, 7) is 0.625. The molecule has 1 fully saturated rings. The molecule has 7 nitrogen and oxygen atoms in total. The van der Waals surface area contributed by atoms with Crippen molar-refractivity contribution in [3.8, 4) is 0 Å². The Morgan fingerprint density at radius 2 is 1.81 bits per heavy atom. The SMILES string of the molecule is O=C(Nc1ccc2[nH]c(=O)[nH]c2c1)c1ccccc1N1CCCCC1=O. The number of hydrogen-bond acceptors (Lipinski definition) is 3. The summed E-state index contributed by atoms with van der Waals surface area (Å²) >= 11 is 0. The Morgan fingerprint density at radius 1 is 1.00 bits per heavy atom. The smallest absolute Gasteiger partial charge is 0.322 e. The number of amides is 2. The number of imidazole rings is 1. The van der Waals surface area contributed by atoms with Crippen molar-refractivity contribution in [2.24, 2.45) is 0 Å². The summed E-state index contributed by atoms with van der Waals surface area (Å²) in [6.07, 6.45) is 2.32. The van der Waals surface area contributed by atoms with Gasteiger partial charge < -0.3 is 20.2 Å². The second-order valence-electron chi connectivity index (χ2n) is 6.31. The van der Waals surface area contributed by atoms with Gasteiger partial charge in [0.15, 0.2) is 0 Å². The van der Waals surface area contributed by atoms with Gasteiger partial charge in [0.1, 0.15) is 0 Å². The van der Waals surface area contributed by atoms with E-state index in [1.165, 1.54) is 0 Å². The van der Waals surface area contributed by atoms with Crippen LogP contribution in [0.4, 0.5) is 11.4 Å². The monoisotopic (exact) mass is 350 g/mol. The number of anilines is 2. The molecule has 1 aliphatic rings. The van der Waals surface area contributed by atoms with Crippen LogP contribution in [-0.4, -0.2) is 28.3 Å². The standard InChI is InChI=1S/C19H18N4O3/c24-17-7-3-4-10-23(17)16-6-2-1-5-13(16)18(25)20-12-8-9-14-15(11-12)22-19(26)21-14/h1-2,5-6,8-9,11H,3-4,7,10H2,(H,20,25)(H2,21,22,26). The Hall–Kier alpha value is -3.35. The highest BCUT2D eigenvalue weighted by molar-refractivity contribution is 6.11. The molecule has 0 atom stereocenters. The summed E-state index contributed by atoms with van der Waals surface area (Å²) in [5.41, 5.74) is 2.64. The third-order valence-corrected chi connectivity index (χ3v) is 4.54. The first-order valence-corrected chi connectivity index (χ1v) is 8.54. The van der Waals surface area contributed by atoms with Crippen molar-refractivity contribution in [3.05, 3.63) is 58.5 Å². The maximum Gasteiger partial charge on any atom is 0.323 e. The lowest BCUT2D eigenvalue weighted by atomic mass is 10.1. The topological polar surface area (TPSA) is 98.1 Å². The average Bonchev–Trinajstić information content (AvgIpc) is 3.01. The molecule has 1 aromatic heterocycles. The van der Waals surface area contributed by atoms with Crippen molar-refractivity contribution in [3.63, 3.8) is 0 Å². The predicted molar refractivity (Wildman–Crippen MR) is 99.5 cm³/mol. The fourth-order valence-corrected chi connectivity index (χ4v) is 3.27. The average molecular weight is 350 g/mol. The molecule has 26 heavy (non-hydrogen) atoms. The molecule has 0 unspecified atom stereocenters. The molecule has 0 saturated carbocycles. The highest BCUT2D eigenvalue weighted by atomic mass is 16.2. The van der Waals surface area contributed by atoms with Crippen molar-refractivity contribution in [2.75, 3.05) is 16.8 Å². The fraction of sp³-hybridized carbons (Fsp3) is 0.211. The minimum atomic E-state index is -0.295. The molecule has 2 amide bonds. The van der Waals surface area contributed by atoms with E-state index in [4.69, 9.17) is 0 Å². The van der Waals surface area contributed by atoms with Gasteiger partial charge in [-0.1, -0.05) is 12.1 Å². The lowest BCUT2D eigenvalue weighted by molar-refractivity contribution is -0.119. The first-order valence-electron chi connectivity index (χ1n) is 8.54. The molecule has 3 N–H and O–H groups in total. The largest absolute Gasteiger partial charge is 0.323 e. The molecule has 132 valence electrons. The van der Waals surface area contributed by atoms with Crippen molar-refractivity contribution in [1.29, 1.82) is 0 Å². The number of nitrogens with one attached hydrogen (secondary N) is 3. The maximum atomic E-state index is 12.8. The predicted octanol–water partition coefficient (Wildman–Crippen LogP) is 2.63. The first kappa shape index (κ1) is 16.1. The maximum absolute atomic E-state index is 12.8. The van der Waals surface area contributed by atoms with E-state index in [9.17, 15) is 14.4 Å². The number of carbonyl (C=O) groups excluding carboxylic acids is 2. The number of piperidine rings is 1. The van der Waals surface area contributed by atoms with Crippen LogP contribution in [-0.2, 0) is 4.79 Å². The Balaban J connectivity index is 1.63. The van der Waals surface area contributed by atoms with Crippen LogP contribution in [0.3, 0.4) is 0 Å². The highest BCUT2D eigenvalue weighted by Gasteiger charge is 2.24. The Morgan fingerprint density at radius 3 is 2.65 bits per heavy atom. The highest BCUT2D eigenvalue weighted by Crippen LogP contribution is 2.26. The van der Waals surface area contributed by atoms with Gasteiger partial charge in [0.05, 0.1) is 22.3 Å².